The molecule has 5 rings (SSSR count). The van der Waals surface area contributed by atoms with Crippen molar-refractivity contribution in [2.24, 2.45) is 0 Å². The average molecular weight is 453 g/mol. The zero-order chi connectivity index (χ0) is 22.9. The van der Waals surface area contributed by atoms with Gasteiger partial charge in [-0.15, -0.1) is 0 Å². The van der Waals surface area contributed by atoms with E-state index < -0.39 is 12.2 Å². The summed E-state index contributed by atoms with van der Waals surface area (Å²) in [7, 11) is 1.53. The second-order valence-electron chi connectivity index (χ2n) is 7.86. The van der Waals surface area contributed by atoms with Gasteiger partial charge in [0.2, 0.25) is 0 Å². The number of morpholine rings is 1. The lowest BCUT2D eigenvalue weighted by atomic mass is 10.1. The summed E-state index contributed by atoms with van der Waals surface area (Å²) in [6.07, 6.45) is -1.07. The molecule has 0 radical (unpaired) electrons. The van der Waals surface area contributed by atoms with Crippen molar-refractivity contribution in [3.8, 4) is 11.5 Å². The molecule has 2 atom stereocenters. The quantitative estimate of drug-likeness (QED) is 0.733. The summed E-state index contributed by atoms with van der Waals surface area (Å²) in [5.41, 5.74) is 1.71. The van der Waals surface area contributed by atoms with Gasteiger partial charge in [-0.1, -0.05) is 6.07 Å². The summed E-state index contributed by atoms with van der Waals surface area (Å²) in [5.74, 6) is 0.667. The maximum absolute atomic E-state index is 12.7. The maximum atomic E-state index is 12.7. The van der Waals surface area contributed by atoms with Crippen molar-refractivity contribution in [3.05, 3.63) is 48.0 Å². The van der Waals surface area contributed by atoms with Gasteiger partial charge < -0.3 is 29.2 Å². The number of nitrogens with zero attached hydrogens (tertiary/aromatic N) is 2. The number of amides is 3. The second-order valence-corrected chi connectivity index (χ2v) is 7.86. The number of rotatable bonds is 5. The van der Waals surface area contributed by atoms with Crippen molar-refractivity contribution >= 4 is 29.3 Å². The van der Waals surface area contributed by atoms with Crippen LogP contribution in [0.3, 0.4) is 0 Å². The van der Waals surface area contributed by atoms with Gasteiger partial charge in [0.1, 0.15) is 36.9 Å². The molecule has 0 unspecified atom stereocenters. The molecular formula is C23H23N3O7. The molecule has 0 aromatic heterocycles. The maximum Gasteiger partial charge on any atom is 0.415 e. The van der Waals surface area contributed by atoms with Crippen LogP contribution < -0.4 is 24.6 Å². The highest BCUT2D eigenvalue weighted by Crippen LogP contribution is 2.41. The van der Waals surface area contributed by atoms with E-state index in [1.54, 1.807) is 52.3 Å². The monoisotopic (exact) mass is 453 g/mol. The molecule has 33 heavy (non-hydrogen) atoms. The summed E-state index contributed by atoms with van der Waals surface area (Å²) in [4.78, 5) is 40.5. The van der Waals surface area contributed by atoms with E-state index in [4.69, 9.17) is 18.9 Å². The van der Waals surface area contributed by atoms with Gasteiger partial charge in [0.05, 0.1) is 25.9 Å². The van der Waals surface area contributed by atoms with Crippen LogP contribution in [0.5, 0.6) is 11.5 Å². The van der Waals surface area contributed by atoms with E-state index in [0.717, 1.165) is 0 Å². The molecule has 3 aliphatic rings. The van der Waals surface area contributed by atoms with Gasteiger partial charge in [-0.2, -0.15) is 0 Å². The molecular weight excluding hydrogens is 430 g/mol. The van der Waals surface area contributed by atoms with Crippen LogP contribution in [-0.2, 0) is 14.3 Å². The summed E-state index contributed by atoms with van der Waals surface area (Å²) < 4.78 is 21.8. The molecule has 172 valence electrons. The van der Waals surface area contributed by atoms with Crippen LogP contribution in [0.4, 0.5) is 16.2 Å². The number of anilines is 2. The fourth-order valence-corrected chi connectivity index (χ4v) is 4.21. The number of methoxy groups -OCH3 is 1. The number of carbonyl (C=O) groups excluding carboxylic acids is 3. The highest BCUT2D eigenvalue weighted by atomic mass is 16.6. The Morgan fingerprint density at radius 1 is 1.21 bits per heavy atom. The number of hydrogen-bond acceptors (Lipinski definition) is 7. The fraction of sp³-hybridized carbons (Fsp3) is 0.348. The van der Waals surface area contributed by atoms with Crippen molar-refractivity contribution in [3.63, 3.8) is 0 Å². The zero-order valence-corrected chi connectivity index (χ0v) is 18.0. The van der Waals surface area contributed by atoms with Crippen molar-refractivity contribution < 1.29 is 33.3 Å². The Morgan fingerprint density at radius 2 is 2.09 bits per heavy atom. The van der Waals surface area contributed by atoms with Gasteiger partial charge in [-0.25, -0.2) is 4.79 Å². The Labute approximate surface area is 189 Å². The zero-order valence-electron chi connectivity index (χ0n) is 18.0. The van der Waals surface area contributed by atoms with E-state index in [1.807, 2.05) is 0 Å². The van der Waals surface area contributed by atoms with Crippen LogP contribution in [0.25, 0.3) is 0 Å². The first kappa shape index (κ1) is 21.1. The van der Waals surface area contributed by atoms with E-state index in [1.165, 1.54) is 7.11 Å². The van der Waals surface area contributed by atoms with Gasteiger partial charge in [-0.05, 0) is 30.3 Å². The van der Waals surface area contributed by atoms with Gasteiger partial charge >= 0.3 is 6.09 Å². The molecule has 3 heterocycles. The molecule has 2 saturated heterocycles. The van der Waals surface area contributed by atoms with Crippen LogP contribution in [0.1, 0.15) is 10.4 Å². The number of ether oxygens (including phenoxy) is 4. The molecule has 2 aromatic rings. The number of carbonyl (C=O) groups is 3. The van der Waals surface area contributed by atoms with Crippen molar-refractivity contribution in [1.29, 1.82) is 0 Å². The first-order valence-corrected chi connectivity index (χ1v) is 10.6. The third-order valence-electron chi connectivity index (χ3n) is 5.92. The predicted molar refractivity (Wildman–Crippen MR) is 117 cm³/mol. The van der Waals surface area contributed by atoms with E-state index in [9.17, 15) is 14.4 Å². The van der Waals surface area contributed by atoms with Crippen LogP contribution in [0.2, 0.25) is 0 Å². The molecule has 0 bridgehead atoms. The minimum Gasteiger partial charge on any atom is -0.497 e. The minimum atomic E-state index is -0.569. The summed E-state index contributed by atoms with van der Waals surface area (Å²) in [5, 5.41) is 2.82. The normalized spacial score (nSPS) is 21.6. The lowest BCUT2D eigenvalue weighted by molar-refractivity contribution is -0.125. The summed E-state index contributed by atoms with van der Waals surface area (Å²) >= 11 is 0. The second kappa shape index (κ2) is 8.62. The lowest BCUT2D eigenvalue weighted by Crippen LogP contribution is -2.48. The topological polar surface area (TPSA) is 107 Å². The number of cyclic esters (lactones) is 1. The summed E-state index contributed by atoms with van der Waals surface area (Å²) in [6.45, 7) is 1.32. The number of benzene rings is 2. The molecule has 0 aliphatic carbocycles. The Hall–Kier alpha value is -3.79. The smallest absolute Gasteiger partial charge is 0.415 e. The Kier molecular flexibility index (Phi) is 5.51. The highest BCUT2D eigenvalue weighted by Gasteiger charge is 2.46. The van der Waals surface area contributed by atoms with Crippen LogP contribution in [0, 0.1) is 0 Å². The molecule has 3 aliphatic heterocycles. The molecule has 2 fully saturated rings. The molecule has 10 heteroatoms. The third kappa shape index (κ3) is 3.93. The van der Waals surface area contributed by atoms with E-state index >= 15 is 0 Å². The third-order valence-corrected chi connectivity index (χ3v) is 5.92. The fourth-order valence-electron chi connectivity index (χ4n) is 4.21. The highest BCUT2D eigenvalue weighted by molar-refractivity contribution is 5.98. The van der Waals surface area contributed by atoms with Gasteiger partial charge in [0.25, 0.3) is 11.8 Å². The van der Waals surface area contributed by atoms with Crippen LogP contribution in [0.15, 0.2) is 42.5 Å². The van der Waals surface area contributed by atoms with Crippen LogP contribution in [-0.4, -0.2) is 70.1 Å². The largest absolute Gasteiger partial charge is 0.497 e. The molecule has 3 amide bonds. The van der Waals surface area contributed by atoms with Crippen molar-refractivity contribution in [2.75, 3.05) is 49.8 Å². The SMILES string of the molecule is COc1cccc(C(=O)NC[C@@H]2OC(=O)N3c4ccc(N5CCOCC5=O)cc4OC[C@@H]23)c1. The molecule has 0 saturated carbocycles. The van der Waals surface area contributed by atoms with Crippen molar-refractivity contribution in [1.82, 2.24) is 5.32 Å². The Bertz CT molecular complexity index is 1110. The van der Waals surface area contributed by atoms with Gasteiger partial charge in [-0.3, -0.25) is 14.5 Å². The van der Waals surface area contributed by atoms with E-state index in [0.29, 0.717) is 41.6 Å². The number of fused-ring (bicyclic) bond motifs is 3. The minimum absolute atomic E-state index is 0.0433. The molecule has 1 N–H and O–H groups in total. The molecule has 10 nitrogen and oxygen atoms in total. The summed E-state index contributed by atoms with van der Waals surface area (Å²) in [6, 6.07) is 11.7. The Morgan fingerprint density at radius 3 is 2.91 bits per heavy atom. The Balaban J connectivity index is 1.28. The van der Waals surface area contributed by atoms with E-state index in [2.05, 4.69) is 5.32 Å². The first-order valence-electron chi connectivity index (χ1n) is 10.6. The molecule has 2 aromatic carbocycles. The van der Waals surface area contributed by atoms with Crippen LogP contribution >= 0.6 is 0 Å². The molecule has 0 spiro atoms. The lowest BCUT2D eigenvalue weighted by Gasteiger charge is -2.33. The number of nitrogens with one attached hydrogen (secondary N) is 1. The van der Waals surface area contributed by atoms with Gasteiger partial charge in [0.15, 0.2) is 0 Å². The van der Waals surface area contributed by atoms with E-state index in [-0.39, 0.29) is 37.6 Å². The van der Waals surface area contributed by atoms with Gasteiger partial charge in [0, 0.05) is 23.9 Å². The number of hydrogen-bond donors (Lipinski definition) is 1. The average Bonchev–Trinajstić information content (AvgIpc) is 3.18. The predicted octanol–water partition coefficient (Wildman–Crippen LogP) is 1.57. The standard InChI is InChI=1S/C23H23N3O7/c1-30-16-4-2-3-14(9-16)22(28)24-11-20-18-12-32-19-10-15(25-7-8-31-13-21(25)27)5-6-17(19)26(18)23(29)33-20/h2-6,9-10,18,20H,7-8,11-13H2,1H3,(H,24,28)/t18-,20-/m0/s1. The van der Waals surface area contributed by atoms with Crippen molar-refractivity contribution in [2.45, 2.75) is 12.1 Å². The first-order chi connectivity index (χ1) is 16.0.